The van der Waals surface area contributed by atoms with Crippen LogP contribution in [0.3, 0.4) is 0 Å². The molecule has 4 rings (SSSR count). The van der Waals surface area contributed by atoms with Gasteiger partial charge in [0.05, 0.1) is 0 Å². The molecule has 0 heterocycles. The average Bonchev–Trinajstić information content (AvgIpc) is 2.24. The van der Waals surface area contributed by atoms with Crippen LogP contribution in [0.2, 0.25) is 0 Å². The van der Waals surface area contributed by atoms with Crippen LogP contribution in [0.1, 0.15) is 45.4 Å². The number of nitrogens with zero attached hydrogens (tertiary/aromatic N) is 1. The van der Waals surface area contributed by atoms with Crippen LogP contribution in [0.5, 0.6) is 0 Å². The Labute approximate surface area is 97.1 Å². The molecule has 4 saturated carbocycles. The molecule has 3 nitrogen and oxygen atoms in total. The summed E-state index contributed by atoms with van der Waals surface area (Å²) in [6, 6.07) is 0. The van der Waals surface area contributed by atoms with Crippen molar-refractivity contribution >= 4 is 5.84 Å². The lowest BCUT2D eigenvalue weighted by atomic mass is 9.46. The third-order valence-electron chi connectivity index (χ3n) is 5.56. The van der Waals surface area contributed by atoms with E-state index in [1.54, 1.807) is 0 Å². The lowest BCUT2D eigenvalue weighted by Crippen LogP contribution is -2.51. The van der Waals surface area contributed by atoms with Crippen LogP contribution in [-0.2, 0) is 0 Å². The van der Waals surface area contributed by atoms with Crippen LogP contribution in [0.15, 0.2) is 5.16 Å². The number of amidine groups is 1. The number of hydrogen-bond donors (Lipinski definition) is 2. The molecule has 0 radical (unpaired) electrons. The summed E-state index contributed by atoms with van der Waals surface area (Å²) < 4.78 is 0. The van der Waals surface area contributed by atoms with E-state index in [2.05, 4.69) is 12.1 Å². The first-order chi connectivity index (χ1) is 7.62. The second-order valence-electron chi connectivity index (χ2n) is 6.60. The topological polar surface area (TPSA) is 58.6 Å². The first-order valence-corrected chi connectivity index (χ1v) is 6.58. The van der Waals surface area contributed by atoms with Crippen molar-refractivity contribution in [3.05, 3.63) is 0 Å². The van der Waals surface area contributed by atoms with E-state index in [9.17, 15) is 0 Å². The second kappa shape index (κ2) is 3.38. The molecular formula is C13H22N2O. The van der Waals surface area contributed by atoms with Crippen molar-refractivity contribution in [1.29, 1.82) is 0 Å². The van der Waals surface area contributed by atoms with E-state index in [4.69, 9.17) is 10.9 Å². The zero-order valence-electron chi connectivity index (χ0n) is 10.0. The van der Waals surface area contributed by atoms with Crippen LogP contribution in [0.4, 0.5) is 0 Å². The minimum Gasteiger partial charge on any atom is -0.409 e. The molecule has 0 aromatic rings. The fourth-order valence-electron chi connectivity index (χ4n) is 5.08. The number of hydrogen-bond acceptors (Lipinski definition) is 2. The molecule has 4 fully saturated rings. The van der Waals surface area contributed by atoms with Crippen molar-refractivity contribution in [2.45, 2.75) is 45.4 Å². The first-order valence-electron chi connectivity index (χ1n) is 6.58. The standard InChI is InChI=1S/C13H22N2O/c1-8-10-2-9-3-11(8)6-13(4-9,5-10)7-12(14)15-16/h8-11,16H,2-7H2,1H3,(H2,14,15). The lowest BCUT2D eigenvalue weighted by molar-refractivity contribution is -0.0857. The molecule has 0 aromatic heterocycles. The van der Waals surface area contributed by atoms with E-state index in [-0.39, 0.29) is 0 Å². The molecule has 0 saturated heterocycles. The van der Waals surface area contributed by atoms with Gasteiger partial charge in [0.25, 0.3) is 0 Å². The number of oxime groups is 1. The molecule has 0 aromatic carbocycles. The van der Waals surface area contributed by atoms with Gasteiger partial charge < -0.3 is 10.9 Å². The quantitative estimate of drug-likeness (QED) is 0.326. The summed E-state index contributed by atoms with van der Waals surface area (Å²) >= 11 is 0. The molecular weight excluding hydrogens is 200 g/mol. The maximum absolute atomic E-state index is 8.75. The van der Waals surface area contributed by atoms with Crippen LogP contribution >= 0.6 is 0 Å². The molecule has 2 unspecified atom stereocenters. The van der Waals surface area contributed by atoms with Gasteiger partial charge in [-0.15, -0.1) is 0 Å². The van der Waals surface area contributed by atoms with E-state index < -0.39 is 0 Å². The Balaban J connectivity index is 1.83. The summed E-state index contributed by atoms with van der Waals surface area (Å²) in [5.74, 6) is 4.11. The third kappa shape index (κ3) is 1.44. The Hall–Kier alpha value is -0.730. The normalized spacial score (nSPS) is 50.9. The summed E-state index contributed by atoms with van der Waals surface area (Å²) in [7, 11) is 0. The van der Waals surface area contributed by atoms with Gasteiger partial charge in [0.1, 0.15) is 5.84 Å². The van der Waals surface area contributed by atoms with Gasteiger partial charge in [-0.3, -0.25) is 0 Å². The van der Waals surface area contributed by atoms with Crippen molar-refractivity contribution in [1.82, 2.24) is 0 Å². The molecule has 16 heavy (non-hydrogen) atoms. The number of nitrogens with two attached hydrogens (primary N) is 1. The highest BCUT2D eigenvalue weighted by Crippen LogP contribution is 2.63. The van der Waals surface area contributed by atoms with Crippen LogP contribution < -0.4 is 5.73 Å². The van der Waals surface area contributed by atoms with Gasteiger partial charge in [-0.05, 0) is 61.2 Å². The summed E-state index contributed by atoms with van der Waals surface area (Å²) in [5.41, 5.74) is 6.12. The van der Waals surface area contributed by atoms with E-state index in [1.807, 2.05) is 0 Å². The lowest BCUT2D eigenvalue weighted by Gasteiger charge is -2.59. The molecule has 4 aliphatic carbocycles. The Morgan fingerprint density at radius 2 is 1.94 bits per heavy atom. The molecule has 4 bridgehead atoms. The zero-order valence-corrected chi connectivity index (χ0v) is 10.0. The molecule has 0 amide bonds. The van der Waals surface area contributed by atoms with Gasteiger partial charge in [0.2, 0.25) is 0 Å². The van der Waals surface area contributed by atoms with Crippen molar-refractivity contribution in [2.75, 3.05) is 0 Å². The van der Waals surface area contributed by atoms with Gasteiger partial charge in [0, 0.05) is 6.42 Å². The molecule has 3 N–H and O–H groups in total. The highest BCUT2D eigenvalue weighted by atomic mass is 16.4. The molecule has 3 heteroatoms. The van der Waals surface area contributed by atoms with E-state index in [0.717, 1.165) is 30.1 Å². The second-order valence-corrected chi connectivity index (χ2v) is 6.60. The van der Waals surface area contributed by atoms with Gasteiger partial charge in [-0.1, -0.05) is 12.1 Å². The SMILES string of the molecule is CC1C2CC3CC1CC(C/C(N)=N/O)(C3)C2. The minimum atomic E-state index is 0.388. The van der Waals surface area contributed by atoms with Crippen molar-refractivity contribution in [3.63, 3.8) is 0 Å². The molecule has 4 aliphatic rings. The largest absolute Gasteiger partial charge is 0.409 e. The van der Waals surface area contributed by atoms with E-state index >= 15 is 0 Å². The Bertz CT molecular complexity index is 310. The Morgan fingerprint density at radius 1 is 1.31 bits per heavy atom. The highest BCUT2D eigenvalue weighted by molar-refractivity contribution is 5.80. The average molecular weight is 222 g/mol. The maximum atomic E-state index is 8.75. The predicted molar refractivity (Wildman–Crippen MR) is 63.2 cm³/mol. The molecule has 90 valence electrons. The fraction of sp³-hybridized carbons (Fsp3) is 0.923. The predicted octanol–water partition coefficient (Wildman–Crippen LogP) is 2.59. The van der Waals surface area contributed by atoms with Crippen molar-refractivity contribution < 1.29 is 5.21 Å². The van der Waals surface area contributed by atoms with Crippen molar-refractivity contribution in [2.24, 2.45) is 40.0 Å². The fourth-order valence-corrected chi connectivity index (χ4v) is 5.08. The van der Waals surface area contributed by atoms with Crippen LogP contribution in [0, 0.1) is 29.1 Å². The van der Waals surface area contributed by atoms with Gasteiger partial charge in [-0.2, -0.15) is 0 Å². The zero-order chi connectivity index (χ0) is 11.3. The molecule has 2 atom stereocenters. The first kappa shape index (κ1) is 10.4. The smallest absolute Gasteiger partial charge is 0.139 e. The van der Waals surface area contributed by atoms with Crippen LogP contribution in [0.25, 0.3) is 0 Å². The third-order valence-corrected chi connectivity index (χ3v) is 5.56. The summed E-state index contributed by atoms with van der Waals surface area (Å²) in [6.07, 6.45) is 7.66. The maximum Gasteiger partial charge on any atom is 0.139 e. The van der Waals surface area contributed by atoms with Gasteiger partial charge in [0.15, 0.2) is 0 Å². The van der Waals surface area contributed by atoms with Gasteiger partial charge in [-0.25, -0.2) is 0 Å². The van der Waals surface area contributed by atoms with E-state index in [0.29, 0.717) is 11.3 Å². The Kier molecular flexibility index (Phi) is 2.20. The Morgan fingerprint density at radius 3 is 2.50 bits per heavy atom. The summed E-state index contributed by atoms with van der Waals surface area (Å²) in [5, 5.41) is 11.9. The summed E-state index contributed by atoms with van der Waals surface area (Å²) in [6.45, 7) is 2.43. The monoisotopic (exact) mass is 222 g/mol. The molecule has 0 aliphatic heterocycles. The number of rotatable bonds is 2. The van der Waals surface area contributed by atoms with E-state index in [1.165, 1.54) is 32.1 Å². The van der Waals surface area contributed by atoms with Crippen molar-refractivity contribution in [3.8, 4) is 0 Å². The van der Waals surface area contributed by atoms with Crippen LogP contribution in [-0.4, -0.2) is 11.0 Å². The highest BCUT2D eigenvalue weighted by Gasteiger charge is 2.53. The molecule has 0 spiro atoms. The van der Waals surface area contributed by atoms with Gasteiger partial charge >= 0.3 is 0 Å². The minimum absolute atomic E-state index is 0.388. The summed E-state index contributed by atoms with van der Waals surface area (Å²) in [4.78, 5) is 0.